The Kier molecular flexibility index (Phi) is 5.16. The van der Waals surface area contributed by atoms with Gasteiger partial charge < -0.3 is 10.0 Å². The number of nitriles is 1. The standard InChI is InChI=1S/C18H18N2O2/c1-14-4-2-7-17(10-14)20(9-8-18(21)22)13-16-6-3-5-15(11-16)12-19/h2-7,10-11H,8-9,13H2,1H3,(H,21,22). The fraction of sp³-hybridized carbons (Fsp3) is 0.222. The molecule has 4 nitrogen and oxygen atoms in total. The van der Waals surface area contributed by atoms with E-state index in [0.29, 0.717) is 18.7 Å². The first kappa shape index (κ1) is 15.6. The predicted octanol–water partition coefficient (Wildman–Crippen LogP) is 3.35. The van der Waals surface area contributed by atoms with Gasteiger partial charge in [0.05, 0.1) is 18.1 Å². The van der Waals surface area contributed by atoms with Crippen molar-refractivity contribution in [1.29, 1.82) is 5.26 Å². The second kappa shape index (κ2) is 7.28. The van der Waals surface area contributed by atoms with Gasteiger partial charge >= 0.3 is 5.97 Å². The van der Waals surface area contributed by atoms with E-state index in [0.717, 1.165) is 16.8 Å². The van der Waals surface area contributed by atoms with Gasteiger partial charge in [-0.1, -0.05) is 24.3 Å². The van der Waals surface area contributed by atoms with Gasteiger partial charge in [-0.3, -0.25) is 4.79 Å². The predicted molar refractivity (Wildman–Crippen MR) is 85.6 cm³/mol. The lowest BCUT2D eigenvalue weighted by Crippen LogP contribution is -2.25. The van der Waals surface area contributed by atoms with Crippen LogP contribution in [0.4, 0.5) is 5.69 Å². The third-order valence-electron chi connectivity index (χ3n) is 3.39. The molecule has 0 unspecified atom stereocenters. The summed E-state index contributed by atoms with van der Waals surface area (Å²) >= 11 is 0. The number of carboxylic acid groups (broad SMARTS) is 1. The van der Waals surface area contributed by atoms with Crippen LogP contribution in [-0.2, 0) is 11.3 Å². The van der Waals surface area contributed by atoms with Crippen molar-refractivity contribution in [2.45, 2.75) is 19.9 Å². The molecule has 0 aliphatic heterocycles. The van der Waals surface area contributed by atoms with Gasteiger partial charge in [0.1, 0.15) is 0 Å². The Morgan fingerprint density at radius 3 is 2.68 bits per heavy atom. The monoisotopic (exact) mass is 294 g/mol. The molecule has 0 saturated heterocycles. The lowest BCUT2D eigenvalue weighted by atomic mass is 10.1. The molecular weight excluding hydrogens is 276 g/mol. The molecule has 2 aromatic carbocycles. The third-order valence-corrected chi connectivity index (χ3v) is 3.39. The molecule has 0 aromatic heterocycles. The quantitative estimate of drug-likeness (QED) is 0.887. The number of carboxylic acids is 1. The highest BCUT2D eigenvalue weighted by Gasteiger charge is 2.10. The fourth-order valence-corrected chi connectivity index (χ4v) is 2.31. The van der Waals surface area contributed by atoms with E-state index in [2.05, 4.69) is 6.07 Å². The number of carbonyl (C=O) groups is 1. The van der Waals surface area contributed by atoms with Crippen molar-refractivity contribution in [3.8, 4) is 6.07 Å². The summed E-state index contributed by atoms with van der Waals surface area (Å²) in [5.74, 6) is -0.816. The van der Waals surface area contributed by atoms with Crippen molar-refractivity contribution in [2.24, 2.45) is 0 Å². The van der Waals surface area contributed by atoms with E-state index in [1.807, 2.05) is 54.3 Å². The van der Waals surface area contributed by atoms with Crippen LogP contribution < -0.4 is 4.90 Å². The molecule has 4 heteroatoms. The lowest BCUT2D eigenvalue weighted by molar-refractivity contribution is -0.136. The normalized spacial score (nSPS) is 10.0. The summed E-state index contributed by atoms with van der Waals surface area (Å²) in [5, 5.41) is 17.9. The number of hydrogen-bond donors (Lipinski definition) is 1. The zero-order valence-corrected chi connectivity index (χ0v) is 12.5. The molecule has 0 aliphatic carbocycles. The summed E-state index contributed by atoms with van der Waals surface area (Å²) in [5.41, 5.74) is 3.72. The van der Waals surface area contributed by atoms with E-state index in [4.69, 9.17) is 10.4 Å². The van der Waals surface area contributed by atoms with E-state index in [1.54, 1.807) is 6.07 Å². The van der Waals surface area contributed by atoms with E-state index < -0.39 is 5.97 Å². The van der Waals surface area contributed by atoms with Crippen LogP contribution in [-0.4, -0.2) is 17.6 Å². The Hall–Kier alpha value is -2.80. The Morgan fingerprint density at radius 2 is 2.00 bits per heavy atom. The first-order chi connectivity index (χ1) is 10.6. The van der Waals surface area contributed by atoms with Crippen LogP contribution in [0.2, 0.25) is 0 Å². The zero-order chi connectivity index (χ0) is 15.9. The van der Waals surface area contributed by atoms with Crippen molar-refractivity contribution >= 4 is 11.7 Å². The highest BCUT2D eigenvalue weighted by Crippen LogP contribution is 2.19. The third kappa shape index (κ3) is 4.35. The number of anilines is 1. The lowest BCUT2D eigenvalue weighted by Gasteiger charge is -2.25. The molecule has 0 atom stereocenters. The fourth-order valence-electron chi connectivity index (χ4n) is 2.31. The average Bonchev–Trinajstić information content (AvgIpc) is 2.51. The summed E-state index contributed by atoms with van der Waals surface area (Å²) in [4.78, 5) is 12.9. The van der Waals surface area contributed by atoms with Crippen LogP contribution in [0.25, 0.3) is 0 Å². The molecule has 1 N–H and O–H groups in total. The number of aliphatic carboxylic acids is 1. The number of rotatable bonds is 6. The highest BCUT2D eigenvalue weighted by atomic mass is 16.4. The first-order valence-electron chi connectivity index (χ1n) is 7.11. The first-order valence-corrected chi connectivity index (χ1v) is 7.11. The van der Waals surface area contributed by atoms with Gasteiger partial charge in [-0.25, -0.2) is 0 Å². The number of hydrogen-bond acceptors (Lipinski definition) is 3. The van der Waals surface area contributed by atoms with E-state index in [1.165, 1.54) is 0 Å². The van der Waals surface area contributed by atoms with Gasteiger partial charge in [-0.2, -0.15) is 5.26 Å². The summed E-state index contributed by atoms with van der Waals surface area (Å²) < 4.78 is 0. The topological polar surface area (TPSA) is 64.3 Å². The SMILES string of the molecule is Cc1cccc(N(CCC(=O)O)Cc2cccc(C#N)c2)c1. The molecular formula is C18H18N2O2. The molecule has 0 aliphatic rings. The number of aryl methyl sites for hydroxylation is 1. The Balaban J connectivity index is 2.24. The summed E-state index contributed by atoms with van der Waals surface area (Å²) in [6, 6.07) is 17.5. The maximum absolute atomic E-state index is 10.9. The Labute approximate surface area is 130 Å². The average molecular weight is 294 g/mol. The zero-order valence-electron chi connectivity index (χ0n) is 12.5. The molecule has 0 bridgehead atoms. The van der Waals surface area contributed by atoms with Crippen LogP contribution in [0.3, 0.4) is 0 Å². The van der Waals surface area contributed by atoms with Crippen molar-refractivity contribution in [1.82, 2.24) is 0 Å². The largest absolute Gasteiger partial charge is 0.481 e. The van der Waals surface area contributed by atoms with Gasteiger partial charge in [-0.05, 0) is 42.3 Å². The number of benzene rings is 2. The van der Waals surface area contributed by atoms with Crippen LogP contribution in [0.5, 0.6) is 0 Å². The maximum Gasteiger partial charge on any atom is 0.305 e. The molecule has 0 spiro atoms. The molecule has 22 heavy (non-hydrogen) atoms. The van der Waals surface area contributed by atoms with Gasteiger partial charge in [0.2, 0.25) is 0 Å². The molecule has 2 aromatic rings. The Morgan fingerprint density at radius 1 is 1.23 bits per heavy atom. The molecule has 0 heterocycles. The van der Waals surface area contributed by atoms with Gasteiger partial charge in [0.15, 0.2) is 0 Å². The molecule has 112 valence electrons. The highest BCUT2D eigenvalue weighted by molar-refractivity contribution is 5.67. The van der Waals surface area contributed by atoms with Crippen molar-refractivity contribution in [2.75, 3.05) is 11.4 Å². The molecule has 0 amide bonds. The minimum absolute atomic E-state index is 0.0753. The molecule has 0 fully saturated rings. The maximum atomic E-state index is 10.9. The molecule has 2 rings (SSSR count). The van der Waals surface area contributed by atoms with E-state index in [-0.39, 0.29) is 6.42 Å². The van der Waals surface area contributed by atoms with Crippen LogP contribution in [0, 0.1) is 18.3 Å². The second-order valence-electron chi connectivity index (χ2n) is 5.22. The van der Waals surface area contributed by atoms with Crippen molar-refractivity contribution in [3.63, 3.8) is 0 Å². The van der Waals surface area contributed by atoms with Gasteiger partial charge in [-0.15, -0.1) is 0 Å². The van der Waals surface area contributed by atoms with Crippen LogP contribution in [0.1, 0.15) is 23.1 Å². The molecule has 0 radical (unpaired) electrons. The van der Waals surface area contributed by atoms with Crippen LogP contribution >= 0.6 is 0 Å². The summed E-state index contributed by atoms with van der Waals surface area (Å²) in [6.07, 6.45) is 0.0753. The Bertz CT molecular complexity index is 704. The smallest absolute Gasteiger partial charge is 0.305 e. The number of nitrogens with zero attached hydrogens (tertiary/aromatic N) is 2. The van der Waals surface area contributed by atoms with Gasteiger partial charge in [0, 0.05) is 18.8 Å². The van der Waals surface area contributed by atoms with Crippen LogP contribution in [0.15, 0.2) is 48.5 Å². The summed E-state index contributed by atoms with van der Waals surface area (Å²) in [7, 11) is 0. The van der Waals surface area contributed by atoms with E-state index >= 15 is 0 Å². The van der Waals surface area contributed by atoms with Crippen molar-refractivity contribution in [3.05, 3.63) is 65.2 Å². The minimum Gasteiger partial charge on any atom is -0.481 e. The van der Waals surface area contributed by atoms with E-state index in [9.17, 15) is 4.79 Å². The van der Waals surface area contributed by atoms with Gasteiger partial charge in [0.25, 0.3) is 0 Å². The second-order valence-corrected chi connectivity index (χ2v) is 5.22. The summed E-state index contributed by atoms with van der Waals surface area (Å²) in [6.45, 7) is 3.01. The molecule has 0 saturated carbocycles. The minimum atomic E-state index is -0.816. The van der Waals surface area contributed by atoms with Crippen molar-refractivity contribution < 1.29 is 9.90 Å².